The Morgan fingerprint density at radius 1 is 1.19 bits per heavy atom. The molecule has 3 aliphatic rings. The van der Waals surface area contributed by atoms with Crippen LogP contribution < -0.4 is 10.6 Å². The lowest BCUT2D eigenvalue weighted by molar-refractivity contribution is -0.124. The van der Waals surface area contributed by atoms with E-state index in [1.807, 2.05) is 18.2 Å². The van der Waals surface area contributed by atoms with Gasteiger partial charge in [-0.2, -0.15) is 9.61 Å². The number of fused-ring (bicyclic) bond motifs is 1. The lowest BCUT2D eigenvalue weighted by Crippen LogP contribution is -2.30. The van der Waals surface area contributed by atoms with Crippen LogP contribution in [0, 0.1) is 0 Å². The second-order valence-corrected chi connectivity index (χ2v) is 11.2. The highest BCUT2D eigenvalue weighted by Gasteiger charge is 2.26. The van der Waals surface area contributed by atoms with Gasteiger partial charge in [0.05, 0.1) is 28.1 Å². The number of ketones is 1. The maximum absolute atomic E-state index is 12.9. The van der Waals surface area contributed by atoms with Gasteiger partial charge in [-0.15, -0.1) is 11.3 Å². The Labute approximate surface area is 218 Å². The quantitative estimate of drug-likeness (QED) is 0.251. The fourth-order valence-electron chi connectivity index (χ4n) is 4.95. The van der Waals surface area contributed by atoms with Gasteiger partial charge in [-0.1, -0.05) is 6.42 Å². The first-order chi connectivity index (χ1) is 18.0. The number of anilines is 1. The van der Waals surface area contributed by atoms with Gasteiger partial charge in [-0.3, -0.25) is 19.7 Å². The van der Waals surface area contributed by atoms with Crippen molar-refractivity contribution in [2.45, 2.75) is 57.4 Å². The second kappa shape index (κ2) is 10.2. The maximum atomic E-state index is 12.9. The summed E-state index contributed by atoms with van der Waals surface area (Å²) in [4.78, 5) is 45.6. The van der Waals surface area contributed by atoms with Crippen LogP contribution >= 0.6 is 11.3 Å². The van der Waals surface area contributed by atoms with Crippen LogP contribution in [0.2, 0.25) is 0 Å². The minimum Gasteiger partial charge on any atom is -0.367 e. The van der Waals surface area contributed by atoms with Gasteiger partial charge in [0.25, 0.3) is 5.91 Å². The Bertz CT molecular complexity index is 1400. The van der Waals surface area contributed by atoms with E-state index in [0.29, 0.717) is 29.2 Å². The number of piperidine rings is 1. The molecule has 0 atom stereocenters. The number of aromatic nitrogens is 3. The van der Waals surface area contributed by atoms with Gasteiger partial charge in [0, 0.05) is 29.7 Å². The number of hydrogen-bond acceptors (Lipinski definition) is 8. The van der Waals surface area contributed by atoms with Gasteiger partial charge in [-0.25, -0.2) is 4.98 Å². The number of imide groups is 1. The highest BCUT2D eigenvalue weighted by atomic mass is 32.1. The van der Waals surface area contributed by atoms with Gasteiger partial charge >= 0.3 is 0 Å². The molecular formula is C27H30N6O3S. The summed E-state index contributed by atoms with van der Waals surface area (Å²) in [5.74, 6) is 0.321. The molecule has 37 heavy (non-hydrogen) atoms. The van der Waals surface area contributed by atoms with Crippen LogP contribution in [-0.2, 0) is 9.59 Å². The van der Waals surface area contributed by atoms with Gasteiger partial charge in [0.1, 0.15) is 5.82 Å². The van der Waals surface area contributed by atoms with Crippen molar-refractivity contribution in [3.63, 3.8) is 0 Å². The minimum absolute atomic E-state index is 0.0528. The van der Waals surface area contributed by atoms with Crippen LogP contribution in [0.5, 0.6) is 0 Å². The van der Waals surface area contributed by atoms with Crippen LogP contribution in [0.1, 0.15) is 66.6 Å². The van der Waals surface area contributed by atoms with Crippen molar-refractivity contribution in [2.24, 2.45) is 0 Å². The lowest BCUT2D eigenvalue weighted by atomic mass is 10.1. The van der Waals surface area contributed by atoms with E-state index in [-0.39, 0.29) is 24.0 Å². The number of thiophene rings is 1. The molecule has 1 saturated carbocycles. The SMILES string of the molecule is O=C1C/C(=C\c2cnn3c(NC4CC4)cc(-c4ccc(C(=O)CCCN5CCCCC5)s4)nc23)C(=O)N1. The zero-order chi connectivity index (χ0) is 25.4. The molecular weight excluding hydrogens is 488 g/mol. The molecule has 6 rings (SSSR count). The summed E-state index contributed by atoms with van der Waals surface area (Å²) in [6.07, 6.45) is 10.9. The van der Waals surface area contributed by atoms with Crippen LogP contribution in [0.25, 0.3) is 22.3 Å². The largest absolute Gasteiger partial charge is 0.367 e. The standard InChI is InChI=1S/C27H30N6O3S/c34-21(5-4-12-32-10-2-1-3-11-32)23-9-8-22(37-23)20-15-24(29-19-6-7-19)33-26(30-20)18(16-28-33)13-17-14-25(35)31-27(17)36/h8-9,13,15-16,19,29H,1-7,10-12,14H2,(H,31,35,36)/b17-13+. The first-order valence-corrected chi connectivity index (χ1v) is 13.9. The van der Waals surface area contributed by atoms with Crippen LogP contribution in [0.3, 0.4) is 0 Å². The fourth-order valence-corrected chi connectivity index (χ4v) is 5.89. The molecule has 3 aromatic heterocycles. The topological polar surface area (TPSA) is 109 Å². The highest BCUT2D eigenvalue weighted by Crippen LogP contribution is 2.33. The zero-order valence-electron chi connectivity index (χ0n) is 20.7. The molecule has 0 spiro atoms. The number of nitrogens with zero attached hydrogens (tertiary/aromatic N) is 4. The van der Waals surface area contributed by atoms with Crippen LogP contribution in [0.4, 0.5) is 5.82 Å². The van der Waals surface area contributed by atoms with Gasteiger partial charge < -0.3 is 10.2 Å². The Balaban J connectivity index is 1.25. The van der Waals surface area contributed by atoms with Crippen molar-refractivity contribution in [1.29, 1.82) is 0 Å². The van der Waals surface area contributed by atoms with Gasteiger partial charge in [0.2, 0.25) is 5.91 Å². The van der Waals surface area contributed by atoms with Crippen molar-refractivity contribution in [1.82, 2.24) is 24.8 Å². The van der Waals surface area contributed by atoms with Crippen molar-refractivity contribution < 1.29 is 14.4 Å². The molecule has 9 nitrogen and oxygen atoms in total. The molecule has 2 N–H and O–H groups in total. The monoisotopic (exact) mass is 518 g/mol. The predicted molar refractivity (Wildman–Crippen MR) is 143 cm³/mol. The molecule has 3 aromatic rings. The fraction of sp³-hybridized carbons (Fsp3) is 0.444. The number of carbonyl (C=O) groups is 3. The smallest absolute Gasteiger partial charge is 0.254 e. The number of Topliss-reactive ketones (excluding diaryl/α,β-unsaturated/α-hetero) is 1. The average Bonchev–Trinajstić information content (AvgIpc) is 3.26. The maximum Gasteiger partial charge on any atom is 0.254 e. The third-order valence-corrected chi connectivity index (χ3v) is 8.26. The molecule has 1 aliphatic carbocycles. The number of amides is 2. The number of rotatable bonds is 9. The van der Waals surface area contributed by atoms with E-state index in [2.05, 4.69) is 20.6 Å². The van der Waals surface area contributed by atoms with E-state index >= 15 is 0 Å². The third-order valence-electron chi connectivity index (χ3n) is 7.11. The summed E-state index contributed by atoms with van der Waals surface area (Å²) in [7, 11) is 0. The van der Waals surface area contributed by atoms with E-state index in [1.54, 1.807) is 16.8 Å². The molecule has 2 saturated heterocycles. The highest BCUT2D eigenvalue weighted by molar-refractivity contribution is 7.17. The van der Waals surface area contributed by atoms with Gasteiger partial charge in [-0.05, 0) is 69.9 Å². The van der Waals surface area contributed by atoms with E-state index in [9.17, 15) is 14.4 Å². The zero-order valence-corrected chi connectivity index (χ0v) is 21.5. The normalized spacial score (nSPS) is 19.6. The molecule has 0 unspecified atom stereocenters. The Morgan fingerprint density at radius 3 is 2.78 bits per heavy atom. The minimum atomic E-state index is -0.376. The summed E-state index contributed by atoms with van der Waals surface area (Å²) in [6.45, 7) is 3.29. The summed E-state index contributed by atoms with van der Waals surface area (Å²) in [5.41, 5.74) is 2.42. The van der Waals surface area contributed by atoms with E-state index in [0.717, 1.165) is 60.2 Å². The molecule has 0 bridgehead atoms. The van der Waals surface area contributed by atoms with Gasteiger partial charge in [0.15, 0.2) is 11.4 Å². The van der Waals surface area contributed by atoms with Crippen LogP contribution in [0.15, 0.2) is 30.0 Å². The summed E-state index contributed by atoms with van der Waals surface area (Å²) in [5, 5.41) is 10.3. The Hall–Kier alpha value is -3.37. The first kappa shape index (κ1) is 24.0. The molecule has 2 aliphatic heterocycles. The molecule has 192 valence electrons. The number of hydrogen-bond donors (Lipinski definition) is 2. The lowest BCUT2D eigenvalue weighted by Gasteiger charge is -2.26. The van der Waals surface area contributed by atoms with Crippen molar-refractivity contribution >= 4 is 46.5 Å². The predicted octanol–water partition coefficient (Wildman–Crippen LogP) is 3.91. The molecule has 0 radical (unpaired) electrons. The molecule has 5 heterocycles. The Kier molecular flexibility index (Phi) is 6.60. The summed E-state index contributed by atoms with van der Waals surface area (Å²) in [6, 6.07) is 6.23. The number of nitrogens with one attached hydrogen (secondary N) is 2. The van der Waals surface area contributed by atoms with Crippen molar-refractivity contribution in [2.75, 3.05) is 25.0 Å². The number of carbonyl (C=O) groups excluding carboxylic acids is 3. The van der Waals surface area contributed by atoms with E-state index in [1.165, 1.54) is 30.6 Å². The van der Waals surface area contributed by atoms with E-state index in [4.69, 9.17) is 4.98 Å². The number of likely N-dealkylation sites (tertiary alicyclic amines) is 1. The van der Waals surface area contributed by atoms with Crippen LogP contribution in [-0.4, -0.2) is 62.8 Å². The first-order valence-electron chi connectivity index (χ1n) is 13.1. The van der Waals surface area contributed by atoms with Crippen molar-refractivity contribution in [3.05, 3.63) is 40.4 Å². The molecule has 0 aromatic carbocycles. The average molecular weight is 519 g/mol. The summed E-state index contributed by atoms with van der Waals surface area (Å²) < 4.78 is 1.74. The Morgan fingerprint density at radius 2 is 2.03 bits per heavy atom. The molecule has 3 fully saturated rings. The molecule has 10 heteroatoms. The van der Waals surface area contributed by atoms with E-state index < -0.39 is 0 Å². The third kappa shape index (κ3) is 5.35. The summed E-state index contributed by atoms with van der Waals surface area (Å²) >= 11 is 1.47. The van der Waals surface area contributed by atoms with Crippen molar-refractivity contribution in [3.8, 4) is 10.6 Å². The molecule has 2 amide bonds. The second-order valence-electron chi connectivity index (χ2n) is 10.1.